The fourth-order valence-electron chi connectivity index (χ4n) is 5.76. The topological polar surface area (TPSA) is 78.0 Å². The zero-order valence-corrected chi connectivity index (χ0v) is 26.1. The molecule has 2 amide bonds. The Labute approximate surface area is 255 Å². The molecule has 0 aliphatic carbocycles. The van der Waals surface area contributed by atoms with Crippen molar-refractivity contribution < 1.29 is 18.0 Å². The molecular weight excluding hydrogens is 626 g/mol. The van der Waals surface area contributed by atoms with E-state index in [-0.39, 0.29) is 34.9 Å². The van der Waals surface area contributed by atoms with Crippen molar-refractivity contribution in [2.75, 3.05) is 43.4 Å². The third-order valence-corrected chi connectivity index (χ3v) is 10.3. The number of carbonyl (C=O) groups is 2. The minimum absolute atomic E-state index is 0.0264. The van der Waals surface area contributed by atoms with Gasteiger partial charge in [0.1, 0.15) is 0 Å². The molecule has 3 aromatic carbocycles. The molecule has 2 aliphatic heterocycles. The van der Waals surface area contributed by atoms with Crippen molar-refractivity contribution in [3.05, 3.63) is 92.9 Å². The van der Waals surface area contributed by atoms with Crippen LogP contribution in [0.2, 0.25) is 5.02 Å². The van der Waals surface area contributed by atoms with E-state index in [2.05, 4.69) is 33.0 Å². The van der Waals surface area contributed by atoms with Crippen molar-refractivity contribution in [1.82, 2.24) is 9.80 Å². The van der Waals surface area contributed by atoms with Gasteiger partial charge in [0.2, 0.25) is 11.8 Å². The van der Waals surface area contributed by atoms with E-state index in [4.69, 9.17) is 11.6 Å². The standard InChI is InChI=1S/C31H33BrClN3O4S/c1-2-28(37)36-14-12-24-20-25(32)21-27(31(24)36)41(39,40)19-13-29(38)34-15-17-35(18-16-34)30(22-6-4-3-5-7-22)23-8-10-26(33)11-9-23/h3-11,20-21,30H,2,12-19H2,1H3. The second kappa shape index (κ2) is 12.7. The molecular formula is C31H33BrClN3O4S. The van der Waals surface area contributed by atoms with Crippen LogP contribution in [0.25, 0.3) is 0 Å². The summed E-state index contributed by atoms with van der Waals surface area (Å²) in [7, 11) is -3.81. The number of anilines is 1. The van der Waals surface area contributed by atoms with Crippen LogP contribution in [0.1, 0.15) is 42.5 Å². The van der Waals surface area contributed by atoms with Gasteiger partial charge in [0, 0.05) is 55.1 Å². The number of halogens is 2. The minimum Gasteiger partial charge on any atom is -0.340 e. The Bertz CT molecular complexity index is 1520. The van der Waals surface area contributed by atoms with Gasteiger partial charge in [0.15, 0.2) is 9.84 Å². The van der Waals surface area contributed by atoms with Crippen LogP contribution < -0.4 is 4.90 Å². The lowest BCUT2D eigenvalue weighted by atomic mass is 9.96. The number of amides is 2. The molecule has 0 radical (unpaired) electrons. The van der Waals surface area contributed by atoms with Crippen LogP contribution in [0, 0.1) is 0 Å². The summed E-state index contributed by atoms with van der Waals surface area (Å²) in [6, 6.07) is 21.6. The molecule has 216 valence electrons. The summed E-state index contributed by atoms with van der Waals surface area (Å²) in [6.07, 6.45) is 0.791. The number of rotatable bonds is 8. The Kier molecular flexibility index (Phi) is 9.18. The average Bonchev–Trinajstić information content (AvgIpc) is 3.41. The van der Waals surface area contributed by atoms with Crippen molar-refractivity contribution in [2.45, 2.75) is 37.1 Å². The van der Waals surface area contributed by atoms with Gasteiger partial charge < -0.3 is 9.80 Å². The molecule has 1 atom stereocenters. The maximum Gasteiger partial charge on any atom is 0.226 e. The van der Waals surface area contributed by atoms with Gasteiger partial charge in [0.25, 0.3) is 0 Å². The Morgan fingerprint density at radius 2 is 1.56 bits per heavy atom. The number of fused-ring (bicyclic) bond motifs is 1. The smallest absolute Gasteiger partial charge is 0.226 e. The fourth-order valence-corrected chi connectivity index (χ4v) is 8.05. The highest BCUT2D eigenvalue weighted by molar-refractivity contribution is 9.10. The van der Waals surface area contributed by atoms with Crippen molar-refractivity contribution >= 4 is 54.9 Å². The van der Waals surface area contributed by atoms with Crippen LogP contribution >= 0.6 is 27.5 Å². The van der Waals surface area contributed by atoms with Crippen molar-refractivity contribution in [1.29, 1.82) is 0 Å². The Morgan fingerprint density at radius 1 is 0.902 bits per heavy atom. The molecule has 0 saturated carbocycles. The van der Waals surface area contributed by atoms with Crippen LogP contribution in [0.3, 0.4) is 0 Å². The molecule has 1 saturated heterocycles. The molecule has 0 aromatic heterocycles. The van der Waals surface area contributed by atoms with Gasteiger partial charge in [-0.1, -0.05) is 76.9 Å². The van der Waals surface area contributed by atoms with E-state index < -0.39 is 9.84 Å². The first-order chi connectivity index (χ1) is 19.7. The summed E-state index contributed by atoms with van der Waals surface area (Å²) in [5.41, 5.74) is 3.59. The van der Waals surface area contributed by atoms with E-state index in [1.165, 1.54) is 0 Å². The number of nitrogens with zero attached hydrogens (tertiary/aromatic N) is 3. The summed E-state index contributed by atoms with van der Waals surface area (Å²) in [4.78, 5) is 31.5. The number of hydrogen-bond acceptors (Lipinski definition) is 5. The normalized spacial score (nSPS) is 16.5. The molecule has 0 spiro atoms. The number of carbonyl (C=O) groups excluding carboxylic acids is 2. The van der Waals surface area contributed by atoms with Crippen LogP contribution in [0.5, 0.6) is 0 Å². The molecule has 2 heterocycles. The Balaban J connectivity index is 1.26. The van der Waals surface area contributed by atoms with Crippen LogP contribution in [0.4, 0.5) is 5.69 Å². The monoisotopic (exact) mass is 657 g/mol. The van der Waals surface area contributed by atoms with Gasteiger partial charge in [0.05, 0.1) is 22.4 Å². The number of hydrogen-bond donors (Lipinski definition) is 0. The fraction of sp³-hybridized carbons (Fsp3) is 0.355. The van der Waals surface area contributed by atoms with Gasteiger partial charge in [-0.25, -0.2) is 8.42 Å². The first kappa shape index (κ1) is 29.8. The third-order valence-electron chi connectivity index (χ3n) is 7.85. The molecule has 41 heavy (non-hydrogen) atoms. The van der Waals surface area contributed by atoms with Gasteiger partial charge in [-0.05, 0) is 47.4 Å². The first-order valence-electron chi connectivity index (χ1n) is 13.9. The average molecular weight is 659 g/mol. The molecule has 0 N–H and O–H groups in total. The third kappa shape index (κ3) is 6.53. The zero-order chi connectivity index (χ0) is 29.1. The summed E-state index contributed by atoms with van der Waals surface area (Å²) < 4.78 is 27.7. The van der Waals surface area contributed by atoms with E-state index >= 15 is 0 Å². The SMILES string of the molecule is CCC(=O)N1CCc2cc(Br)cc(S(=O)(=O)CCC(=O)N3CCN(C(c4ccccc4)c4ccc(Cl)cc4)CC3)c21. The highest BCUT2D eigenvalue weighted by Crippen LogP contribution is 2.38. The zero-order valence-electron chi connectivity index (χ0n) is 22.9. The number of benzene rings is 3. The highest BCUT2D eigenvalue weighted by Gasteiger charge is 2.33. The lowest BCUT2D eigenvalue weighted by Gasteiger charge is -2.40. The highest BCUT2D eigenvalue weighted by atomic mass is 79.9. The van der Waals surface area contributed by atoms with Crippen LogP contribution in [0.15, 0.2) is 76.1 Å². The lowest BCUT2D eigenvalue weighted by Crippen LogP contribution is -2.50. The molecule has 1 unspecified atom stereocenters. The molecule has 0 bridgehead atoms. The van der Waals surface area contributed by atoms with Gasteiger partial charge in [-0.2, -0.15) is 0 Å². The second-order valence-corrected chi connectivity index (χ2v) is 13.8. The molecule has 1 fully saturated rings. The maximum atomic E-state index is 13.5. The summed E-state index contributed by atoms with van der Waals surface area (Å²) in [5.74, 6) is -0.589. The van der Waals surface area contributed by atoms with Crippen LogP contribution in [-0.4, -0.2) is 68.5 Å². The minimum atomic E-state index is -3.81. The van der Waals surface area contributed by atoms with Gasteiger partial charge in [-0.15, -0.1) is 0 Å². The lowest BCUT2D eigenvalue weighted by molar-refractivity contribution is -0.132. The first-order valence-corrected chi connectivity index (χ1v) is 16.7. The van der Waals surface area contributed by atoms with Gasteiger partial charge >= 0.3 is 0 Å². The summed E-state index contributed by atoms with van der Waals surface area (Å²) >= 11 is 9.57. The van der Waals surface area contributed by atoms with Crippen molar-refractivity contribution in [2.24, 2.45) is 0 Å². The van der Waals surface area contributed by atoms with E-state index in [9.17, 15) is 18.0 Å². The summed E-state index contributed by atoms with van der Waals surface area (Å²) in [6.45, 7) is 4.58. The predicted molar refractivity (Wildman–Crippen MR) is 165 cm³/mol. The molecule has 2 aliphatic rings. The molecule has 5 rings (SSSR count). The van der Waals surface area contributed by atoms with E-state index in [0.717, 1.165) is 16.7 Å². The Morgan fingerprint density at radius 3 is 2.22 bits per heavy atom. The number of sulfone groups is 1. The largest absolute Gasteiger partial charge is 0.340 e. The number of piperazine rings is 1. The maximum absolute atomic E-state index is 13.5. The van der Waals surface area contributed by atoms with E-state index in [1.54, 1.807) is 22.8 Å². The van der Waals surface area contributed by atoms with Crippen molar-refractivity contribution in [3.63, 3.8) is 0 Å². The predicted octanol–water partition coefficient (Wildman–Crippen LogP) is 5.50. The van der Waals surface area contributed by atoms with Gasteiger partial charge in [-0.3, -0.25) is 14.5 Å². The molecule has 10 heteroatoms. The second-order valence-electron chi connectivity index (χ2n) is 10.4. The van der Waals surface area contributed by atoms with E-state index in [1.807, 2.05) is 48.5 Å². The van der Waals surface area contributed by atoms with Crippen molar-refractivity contribution in [3.8, 4) is 0 Å². The van der Waals surface area contributed by atoms with E-state index in [0.29, 0.717) is 60.7 Å². The molecule has 3 aromatic rings. The Hall–Kier alpha value is -2.72. The quantitative estimate of drug-likeness (QED) is 0.320. The molecule has 7 nitrogen and oxygen atoms in total. The van der Waals surface area contributed by atoms with Crippen LogP contribution in [-0.2, 0) is 25.8 Å². The summed E-state index contributed by atoms with van der Waals surface area (Å²) in [5, 5.41) is 0.684.